The summed E-state index contributed by atoms with van der Waals surface area (Å²) in [6, 6.07) is 16.4. The number of aromatic nitrogens is 3. The van der Waals surface area contributed by atoms with Crippen LogP contribution in [0.2, 0.25) is 0 Å². The molecule has 4 rings (SSSR count). The molecule has 1 atom stereocenters. The molecule has 2 heterocycles. The normalized spacial score (nSPS) is 12.6. The number of fused-ring (bicyclic) bond motifs is 2. The van der Waals surface area contributed by atoms with Crippen molar-refractivity contribution in [1.29, 1.82) is 0 Å². The molecule has 0 bridgehead atoms. The van der Waals surface area contributed by atoms with Gasteiger partial charge in [0.25, 0.3) is 0 Å². The molecule has 0 aliphatic rings. The van der Waals surface area contributed by atoms with Gasteiger partial charge in [-0.3, -0.25) is 4.79 Å². The Morgan fingerprint density at radius 2 is 2.00 bits per heavy atom. The highest BCUT2D eigenvalue weighted by Gasteiger charge is 2.13. The summed E-state index contributed by atoms with van der Waals surface area (Å²) in [6.07, 6.45) is 2.44. The van der Waals surface area contributed by atoms with Crippen LogP contribution in [-0.4, -0.2) is 20.4 Å². The van der Waals surface area contributed by atoms with Crippen molar-refractivity contribution >= 4 is 27.8 Å². The van der Waals surface area contributed by atoms with Crippen LogP contribution in [-0.2, 0) is 17.9 Å². The summed E-state index contributed by atoms with van der Waals surface area (Å²) in [7, 11) is 0. The maximum Gasteiger partial charge on any atom is 0.219 e. The van der Waals surface area contributed by atoms with Crippen LogP contribution < -0.4 is 11.1 Å². The number of benzene rings is 2. The largest absolute Gasteiger partial charge is 0.370 e. The van der Waals surface area contributed by atoms with Gasteiger partial charge >= 0.3 is 0 Å². The fourth-order valence-electron chi connectivity index (χ4n) is 3.42. The summed E-state index contributed by atoms with van der Waals surface area (Å²) in [5, 5.41) is 4.73. The van der Waals surface area contributed by atoms with Gasteiger partial charge in [-0.05, 0) is 30.7 Å². The van der Waals surface area contributed by atoms with Gasteiger partial charge < -0.3 is 20.6 Å². The Balaban J connectivity index is 1.53. The molecule has 1 amide bonds. The minimum Gasteiger partial charge on any atom is -0.370 e. The molecule has 0 saturated heterocycles. The Hall–Kier alpha value is -3.12. The molecule has 0 spiro atoms. The van der Waals surface area contributed by atoms with Gasteiger partial charge in [-0.2, -0.15) is 0 Å². The summed E-state index contributed by atoms with van der Waals surface area (Å²) >= 11 is 0. The summed E-state index contributed by atoms with van der Waals surface area (Å²) < 4.78 is 2.10. The Labute approximate surface area is 157 Å². The average molecular weight is 361 g/mol. The quantitative estimate of drug-likeness (QED) is 0.472. The lowest BCUT2D eigenvalue weighted by Gasteiger charge is -2.10. The predicted octanol–water partition coefficient (Wildman–Crippen LogP) is 3.24. The number of amides is 1. The van der Waals surface area contributed by atoms with E-state index in [0.717, 1.165) is 22.4 Å². The van der Waals surface area contributed by atoms with Gasteiger partial charge in [0.15, 0.2) is 0 Å². The first-order valence-corrected chi connectivity index (χ1v) is 9.15. The van der Waals surface area contributed by atoms with Crippen LogP contribution in [0.1, 0.15) is 30.8 Å². The lowest BCUT2D eigenvalue weighted by atomic mass is 10.1. The van der Waals surface area contributed by atoms with E-state index in [2.05, 4.69) is 45.1 Å². The summed E-state index contributed by atoms with van der Waals surface area (Å²) in [4.78, 5) is 19.2. The number of carbonyl (C=O) groups is 1. The van der Waals surface area contributed by atoms with E-state index in [0.29, 0.717) is 19.5 Å². The third kappa shape index (κ3) is 3.57. The van der Waals surface area contributed by atoms with Crippen LogP contribution >= 0.6 is 0 Å². The molecule has 2 aromatic carbocycles. The number of H-pyrrole nitrogens is 1. The maximum absolute atomic E-state index is 11.1. The minimum atomic E-state index is -0.286. The zero-order valence-electron chi connectivity index (χ0n) is 15.3. The van der Waals surface area contributed by atoms with Gasteiger partial charge in [0, 0.05) is 36.6 Å². The monoisotopic (exact) mass is 361 g/mol. The standard InChI is InChI=1S/C21H23N5O/c1-14(21-24-17-7-3-4-8-18(17)25-21)23-12-15-13-26(11-10-20(22)27)19-9-5-2-6-16(15)19/h2-9,13-14,23H,10-12H2,1H3,(H2,22,27)(H,24,25)/t14-/m0/s1. The van der Waals surface area contributed by atoms with Gasteiger partial charge in [-0.15, -0.1) is 0 Å². The Kier molecular flexibility index (Phi) is 4.64. The van der Waals surface area contributed by atoms with E-state index < -0.39 is 0 Å². The topological polar surface area (TPSA) is 88.7 Å². The molecule has 0 saturated carbocycles. The van der Waals surface area contributed by atoms with Crippen LogP contribution in [0.5, 0.6) is 0 Å². The lowest BCUT2D eigenvalue weighted by Crippen LogP contribution is -2.19. The second kappa shape index (κ2) is 7.25. The number of hydrogen-bond acceptors (Lipinski definition) is 3. The van der Waals surface area contributed by atoms with Crippen molar-refractivity contribution in [3.8, 4) is 0 Å². The molecule has 27 heavy (non-hydrogen) atoms. The zero-order chi connectivity index (χ0) is 18.8. The molecule has 0 aliphatic carbocycles. The van der Waals surface area contributed by atoms with E-state index in [1.807, 2.05) is 36.4 Å². The second-order valence-corrected chi connectivity index (χ2v) is 6.82. The Morgan fingerprint density at radius 3 is 2.81 bits per heavy atom. The molecule has 4 N–H and O–H groups in total. The van der Waals surface area contributed by atoms with E-state index in [9.17, 15) is 4.79 Å². The summed E-state index contributed by atoms with van der Waals surface area (Å²) in [5.74, 6) is 0.639. The zero-order valence-corrected chi connectivity index (χ0v) is 15.3. The fourth-order valence-corrected chi connectivity index (χ4v) is 3.42. The van der Waals surface area contributed by atoms with Crippen LogP contribution in [0.15, 0.2) is 54.7 Å². The third-order valence-corrected chi connectivity index (χ3v) is 4.89. The number of imidazole rings is 1. The van der Waals surface area contributed by atoms with Crippen LogP contribution in [0.4, 0.5) is 0 Å². The summed E-state index contributed by atoms with van der Waals surface area (Å²) in [5.41, 5.74) is 9.64. The molecule has 138 valence electrons. The van der Waals surface area contributed by atoms with E-state index in [4.69, 9.17) is 5.73 Å². The number of nitrogens with two attached hydrogens (primary N) is 1. The SMILES string of the molecule is C[C@H](NCc1cn(CCC(N)=O)c2ccccc12)c1nc2ccccc2[nH]1. The second-order valence-electron chi connectivity index (χ2n) is 6.82. The van der Waals surface area contributed by atoms with Crippen molar-refractivity contribution in [3.63, 3.8) is 0 Å². The molecule has 0 fully saturated rings. The molecular formula is C21H23N5O. The van der Waals surface area contributed by atoms with Crippen molar-refractivity contribution in [2.45, 2.75) is 32.5 Å². The molecule has 0 aliphatic heterocycles. The first kappa shape index (κ1) is 17.3. The molecular weight excluding hydrogens is 338 g/mol. The summed E-state index contributed by atoms with van der Waals surface area (Å²) in [6.45, 7) is 3.40. The number of aromatic amines is 1. The van der Waals surface area contributed by atoms with Gasteiger partial charge in [0.1, 0.15) is 5.82 Å². The smallest absolute Gasteiger partial charge is 0.219 e. The average Bonchev–Trinajstić information content (AvgIpc) is 3.26. The van der Waals surface area contributed by atoms with Crippen molar-refractivity contribution in [2.75, 3.05) is 0 Å². The van der Waals surface area contributed by atoms with Crippen LogP contribution in [0.3, 0.4) is 0 Å². The predicted molar refractivity (Wildman–Crippen MR) is 107 cm³/mol. The number of hydrogen-bond donors (Lipinski definition) is 3. The number of primary amides is 1. The van der Waals surface area contributed by atoms with Gasteiger partial charge in [-0.1, -0.05) is 30.3 Å². The highest BCUT2D eigenvalue weighted by Crippen LogP contribution is 2.23. The highest BCUT2D eigenvalue weighted by molar-refractivity contribution is 5.84. The third-order valence-electron chi connectivity index (χ3n) is 4.89. The maximum atomic E-state index is 11.1. The number of nitrogens with one attached hydrogen (secondary N) is 2. The van der Waals surface area contributed by atoms with Crippen molar-refractivity contribution in [2.24, 2.45) is 5.73 Å². The number of para-hydroxylation sites is 3. The van der Waals surface area contributed by atoms with Crippen LogP contribution in [0.25, 0.3) is 21.9 Å². The van der Waals surface area contributed by atoms with Crippen molar-refractivity contribution < 1.29 is 4.79 Å². The van der Waals surface area contributed by atoms with E-state index >= 15 is 0 Å². The minimum absolute atomic E-state index is 0.0881. The molecule has 4 aromatic rings. The first-order chi connectivity index (χ1) is 13.1. The Bertz CT molecular complexity index is 1060. The fraction of sp³-hybridized carbons (Fsp3) is 0.238. The van der Waals surface area contributed by atoms with E-state index in [1.54, 1.807) is 0 Å². The first-order valence-electron chi connectivity index (χ1n) is 9.15. The molecule has 0 unspecified atom stereocenters. The number of carbonyl (C=O) groups excluding carboxylic acids is 1. The van der Waals surface area contributed by atoms with Crippen molar-refractivity contribution in [3.05, 3.63) is 66.1 Å². The molecule has 6 heteroatoms. The Morgan fingerprint density at radius 1 is 1.22 bits per heavy atom. The van der Waals surface area contributed by atoms with Gasteiger partial charge in [-0.25, -0.2) is 4.98 Å². The van der Waals surface area contributed by atoms with Crippen molar-refractivity contribution in [1.82, 2.24) is 19.9 Å². The number of nitrogens with zero attached hydrogens (tertiary/aromatic N) is 2. The van der Waals surface area contributed by atoms with E-state index in [1.165, 1.54) is 10.9 Å². The van der Waals surface area contributed by atoms with Gasteiger partial charge in [0.2, 0.25) is 5.91 Å². The van der Waals surface area contributed by atoms with Crippen LogP contribution in [0, 0.1) is 0 Å². The highest BCUT2D eigenvalue weighted by atomic mass is 16.1. The van der Waals surface area contributed by atoms with Gasteiger partial charge in [0.05, 0.1) is 17.1 Å². The molecule has 2 aromatic heterocycles. The number of rotatable bonds is 7. The molecule has 6 nitrogen and oxygen atoms in total. The van der Waals surface area contributed by atoms with E-state index in [-0.39, 0.29) is 11.9 Å². The number of aryl methyl sites for hydroxylation is 1. The lowest BCUT2D eigenvalue weighted by molar-refractivity contribution is -0.118. The molecule has 0 radical (unpaired) electrons.